The maximum atomic E-state index is 14.5. The van der Waals surface area contributed by atoms with Crippen LogP contribution in [-0.4, -0.2) is 15.9 Å². The molecule has 0 aliphatic carbocycles. The second-order valence-electron chi connectivity index (χ2n) is 6.92. The summed E-state index contributed by atoms with van der Waals surface area (Å²) < 4.78 is 53.3. The van der Waals surface area contributed by atoms with Crippen molar-refractivity contribution in [3.63, 3.8) is 0 Å². The molecule has 9 heteroatoms. The van der Waals surface area contributed by atoms with Crippen LogP contribution in [0.5, 0.6) is 0 Å². The van der Waals surface area contributed by atoms with Crippen molar-refractivity contribution in [2.24, 2.45) is 0 Å². The Bertz CT molecular complexity index is 1290. The lowest BCUT2D eigenvalue weighted by atomic mass is 10.00. The molecule has 0 aliphatic heterocycles. The van der Waals surface area contributed by atoms with E-state index in [1.54, 1.807) is 12.1 Å². The van der Waals surface area contributed by atoms with Crippen LogP contribution in [0.2, 0.25) is 5.02 Å². The summed E-state index contributed by atoms with van der Waals surface area (Å²) in [6.45, 7) is 0. The van der Waals surface area contributed by atoms with Crippen LogP contribution in [0.3, 0.4) is 0 Å². The summed E-state index contributed by atoms with van der Waals surface area (Å²) in [4.78, 5) is 21.1. The molecule has 0 fully saturated rings. The van der Waals surface area contributed by atoms with Gasteiger partial charge in [0.25, 0.3) is 5.91 Å². The van der Waals surface area contributed by atoms with Gasteiger partial charge < -0.3 is 5.32 Å². The molecule has 1 N–H and O–H groups in total. The van der Waals surface area contributed by atoms with E-state index in [4.69, 9.17) is 11.6 Å². The van der Waals surface area contributed by atoms with Gasteiger partial charge >= 0.3 is 6.18 Å². The first-order valence-electron chi connectivity index (χ1n) is 9.37. The van der Waals surface area contributed by atoms with Crippen molar-refractivity contribution in [3.8, 4) is 0 Å². The Labute approximate surface area is 184 Å². The SMILES string of the molecule is O=C(NC(c1ccc(C(F)(F)F)cc1)c1ncccc1F)c1ccc2c(Cl)ccnc2c1. The number of carbonyl (C=O) groups excluding carboxylic acids is 1. The molecule has 1 amide bonds. The number of hydrogen-bond donors (Lipinski definition) is 1. The molecule has 2 aromatic carbocycles. The van der Waals surface area contributed by atoms with E-state index in [2.05, 4.69) is 15.3 Å². The third kappa shape index (κ3) is 4.40. The van der Waals surface area contributed by atoms with Crippen molar-refractivity contribution in [3.05, 3.63) is 106 Å². The van der Waals surface area contributed by atoms with Crippen LogP contribution in [0.4, 0.5) is 17.6 Å². The van der Waals surface area contributed by atoms with Crippen molar-refractivity contribution in [1.82, 2.24) is 15.3 Å². The van der Waals surface area contributed by atoms with E-state index in [1.807, 2.05) is 0 Å². The summed E-state index contributed by atoms with van der Waals surface area (Å²) in [7, 11) is 0. The first-order chi connectivity index (χ1) is 15.2. The first-order valence-corrected chi connectivity index (χ1v) is 9.74. The van der Waals surface area contributed by atoms with E-state index in [-0.39, 0.29) is 16.8 Å². The molecule has 4 nitrogen and oxygen atoms in total. The number of nitrogens with one attached hydrogen (secondary N) is 1. The summed E-state index contributed by atoms with van der Waals surface area (Å²) in [5, 5.41) is 3.79. The number of nitrogens with zero attached hydrogens (tertiary/aromatic N) is 2. The third-order valence-corrected chi connectivity index (χ3v) is 5.19. The molecule has 0 spiro atoms. The van der Waals surface area contributed by atoms with Gasteiger partial charge in [-0.05, 0) is 48.0 Å². The molecule has 1 atom stereocenters. The van der Waals surface area contributed by atoms with Crippen LogP contribution < -0.4 is 5.32 Å². The highest BCUT2D eigenvalue weighted by Gasteiger charge is 2.31. The molecule has 2 heterocycles. The highest BCUT2D eigenvalue weighted by molar-refractivity contribution is 6.35. The van der Waals surface area contributed by atoms with Gasteiger partial charge in [-0.25, -0.2) is 4.39 Å². The van der Waals surface area contributed by atoms with Gasteiger partial charge in [0.15, 0.2) is 0 Å². The zero-order chi connectivity index (χ0) is 22.9. The highest BCUT2D eigenvalue weighted by Crippen LogP contribution is 2.31. The van der Waals surface area contributed by atoms with E-state index in [0.29, 0.717) is 15.9 Å². The van der Waals surface area contributed by atoms with Gasteiger partial charge in [-0.1, -0.05) is 29.8 Å². The number of pyridine rings is 2. The molecule has 162 valence electrons. The van der Waals surface area contributed by atoms with Gasteiger partial charge in [0.1, 0.15) is 11.5 Å². The van der Waals surface area contributed by atoms with E-state index < -0.39 is 29.5 Å². The maximum Gasteiger partial charge on any atom is 0.416 e. The lowest BCUT2D eigenvalue weighted by Gasteiger charge is -2.20. The van der Waals surface area contributed by atoms with Crippen molar-refractivity contribution >= 4 is 28.4 Å². The average Bonchev–Trinajstić information content (AvgIpc) is 2.77. The highest BCUT2D eigenvalue weighted by atomic mass is 35.5. The Balaban J connectivity index is 1.71. The molecule has 1 unspecified atom stereocenters. The van der Waals surface area contributed by atoms with Gasteiger partial charge in [-0.2, -0.15) is 13.2 Å². The molecule has 0 bridgehead atoms. The van der Waals surface area contributed by atoms with E-state index >= 15 is 0 Å². The largest absolute Gasteiger partial charge is 0.416 e. The van der Waals surface area contributed by atoms with Crippen LogP contribution in [-0.2, 0) is 6.18 Å². The Hall–Kier alpha value is -3.52. The minimum Gasteiger partial charge on any atom is -0.339 e. The molecule has 2 aromatic heterocycles. The van der Waals surface area contributed by atoms with E-state index in [9.17, 15) is 22.4 Å². The van der Waals surface area contributed by atoms with Gasteiger partial charge in [-0.15, -0.1) is 0 Å². The molecule has 0 aliphatic rings. The summed E-state index contributed by atoms with van der Waals surface area (Å²) in [5.41, 5.74) is -0.0282. The summed E-state index contributed by atoms with van der Waals surface area (Å²) in [5.74, 6) is -1.28. The van der Waals surface area contributed by atoms with Gasteiger partial charge in [0, 0.05) is 23.3 Å². The van der Waals surface area contributed by atoms with Crippen molar-refractivity contribution in [1.29, 1.82) is 0 Å². The average molecular weight is 460 g/mol. The van der Waals surface area contributed by atoms with Crippen molar-refractivity contribution in [2.45, 2.75) is 12.2 Å². The summed E-state index contributed by atoms with van der Waals surface area (Å²) >= 11 is 6.13. The molecule has 0 radical (unpaired) electrons. The van der Waals surface area contributed by atoms with Gasteiger partial charge in [0.2, 0.25) is 0 Å². The predicted molar refractivity (Wildman–Crippen MR) is 112 cm³/mol. The molecule has 0 saturated carbocycles. The standard InChI is InChI=1S/C23H14ClF4N3O/c24-17-9-11-29-19-12-14(5-8-16(17)19)22(32)31-20(21-18(25)2-1-10-30-21)13-3-6-15(7-4-13)23(26,27)28/h1-12,20H,(H,31,32). The Morgan fingerprint density at radius 2 is 1.72 bits per heavy atom. The van der Waals surface area contributed by atoms with Crippen LogP contribution in [0, 0.1) is 5.82 Å². The third-order valence-electron chi connectivity index (χ3n) is 4.86. The molecule has 4 rings (SSSR count). The smallest absolute Gasteiger partial charge is 0.339 e. The predicted octanol–water partition coefficient (Wildman–Crippen LogP) is 5.96. The topological polar surface area (TPSA) is 54.9 Å². The first kappa shape index (κ1) is 21.7. The maximum absolute atomic E-state index is 14.5. The number of benzene rings is 2. The van der Waals surface area contributed by atoms with Crippen LogP contribution >= 0.6 is 11.6 Å². The number of fused-ring (bicyclic) bond motifs is 1. The monoisotopic (exact) mass is 459 g/mol. The zero-order valence-corrected chi connectivity index (χ0v) is 17.0. The quantitative estimate of drug-likeness (QED) is 0.383. The summed E-state index contributed by atoms with van der Waals surface area (Å²) in [6, 6.07) is 11.8. The number of amides is 1. The second-order valence-corrected chi connectivity index (χ2v) is 7.33. The fraction of sp³-hybridized carbons (Fsp3) is 0.0870. The molecular weight excluding hydrogens is 446 g/mol. The lowest BCUT2D eigenvalue weighted by molar-refractivity contribution is -0.137. The fourth-order valence-electron chi connectivity index (χ4n) is 3.25. The van der Waals surface area contributed by atoms with Crippen molar-refractivity contribution < 1.29 is 22.4 Å². The number of aromatic nitrogens is 2. The zero-order valence-electron chi connectivity index (χ0n) is 16.2. The number of halogens is 5. The summed E-state index contributed by atoms with van der Waals surface area (Å²) in [6.07, 6.45) is -1.68. The second kappa shape index (κ2) is 8.55. The fourth-order valence-corrected chi connectivity index (χ4v) is 3.47. The van der Waals surface area contributed by atoms with Gasteiger partial charge in [-0.3, -0.25) is 14.8 Å². The van der Waals surface area contributed by atoms with Crippen LogP contribution in [0.25, 0.3) is 10.9 Å². The normalized spacial score (nSPS) is 12.5. The minimum atomic E-state index is -4.52. The number of hydrogen-bond acceptors (Lipinski definition) is 3. The molecular formula is C23H14ClF4N3O. The Kier molecular flexibility index (Phi) is 5.80. The van der Waals surface area contributed by atoms with Crippen LogP contribution in [0.15, 0.2) is 73.1 Å². The van der Waals surface area contributed by atoms with Crippen LogP contribution in [0.1, 0.15) is 33.2 Å². The van der Waals surface area contributed by atoms with E-state index in [0.717, 1.165) is 18.2 Å². The number of rotatable bonds is 4. The molecule has 4 aromatic rings. The number of alkyl halides is 3. The lowest BCUT2D eigenvalue weighted by Crippen LogP contribution is -2.30. The van der Waals surface area contributed by atoms with Gasteiger partial charge in [0.05, 0.1) is 22.1 Å². The van der Waals surface area contributed by atoms with Crippen molar-refractivity contribution in [2.75, 3.05) is 0 Å². The Morgan fingerprint density at radius 1 is 0.969 bits per heavy atom. The number of carbonyl (C=O) groups is 1. The Morgan fingerprint density at radius 3 is 2.41 bits per heavy atom. The van der Waals surface area contributed by atoms with E-state index in [1.165, 1.54) is 42.7 Å². The molecule has 32 heavy (non-hydrogen) atoms. The molecule has 0 saturated heterocycles. The minimum absolute atomic E-state index is 0.123.